The Hall–Kier alpha value is -6.54. The molecule has 0 atom stereocenters. The van der Waals surface area contributed by atoms with Gasteiger partial charge in [0.2, 0.25) is 0 Å². The Morgan fingerprint density at radius 2 is 0.705 bits per heavy atom. The van der Waals surface area contributed by atoms with Crippen molar-refractivity contribution in [1.82, 2.24) is 0 Å². The van der Waals surface area contributed by atoms with E-state index < -0.39 is 0 Å². The molecule has 0 nitrogen and oxygen atoms in total. The third kappa shape index (κ3) is 6.09. The first-order chi connectivity index (χ1) is 29.5. The van der Waals surface area contributed by atoms with Crippen LogP contribution in [0.4, 0.5) is 0 Å². The van der Waals surface area contributed by atoms with Crippen LogP contribution in [0.25, 0.3) is 108 Å². The van der Waals surface area contributed by atoms with Crippen LogP contribution in [-0.2, 0) is 10.8 Å². The number of hydrogen-bond acceptors (Lipinski definition) is 1. The molecule has 0 amide bonds. The number of thiophene rings is 1. The summed E-state index contributed by atoms with van der Waals surface area (Å²) in [6.07, 6.45) is 0. The van der Waals surface area contributed by atoms with Crippen LogP contribution in [0.1, 0.15) is 52.7 Å². The zero-order valence-corrected chi connectivity index (χ0v) is 36.5. The third-order valence-corrected chi connectivity index (χ3v) is 14.1. The molecule has 0 bridgehead atoms. The van der Waals surface area contributed by atoms with Crippen molar-refractivity contribution in [3.63, 3.8) is 0 Å². The molecule has 0 unspecified atom stereocenters. The molecule has 0 radical (unpaired) electrons. The highest BCUT2D eigenvalue weighted by atomic mass is 32.1. The summed E-state index contributed by atoms with van der Waals surface area (Å²) in [5.41, 5.74) is 13.1. The molecule has 0 aliphatic carbocycles. The second kappa shape index (κ2) is 14.0. The van der Waals surface area contributed by atoms with Gasteiger partial charge in [0.1, 0.15) is 0 Å². The highest BCUT2D eigenvalue weighted by Gasteiger charge is 2.24. The van der Waals surface area contributed by atoms with Crippen LogP contribution < -0.4 is 0 Å². The molecule has 1 heteroatoms. The average Bonchev–Trinajstić information content (AvgIpc) is 3.65. The second-order valence-electron chi connectivity index (χ2n) is 18.8. The van der Waals surface area contributed by atoms with E-state index >= 15 is 0 Å². The number of rotatable bonds is 4. The quantitative estimate of drug-likeness (QED) is 0.156. The van der Waals surface area contributed by atoms with Crippen LogP contribution in [0.3, 0.4) is 0 Å². The maximum absolute atomic E-state index is 2.46. The Kier molecular flexibility index (Phi) is 8.61. The monoisotopic (exact) mass is 800 g/mol. The molecule has 0 saturated carbocycles. The van der Waals surface area contributed by atoms with E-state index in [4.69, 9.17) is 0 Å². The van der Waals surface area contributed by atoms with Crippen molar-refractivity contribution in [3.05, 3.63) is 193 Å². The fourth-order valence-corrected chi connectivity index (χ4v) is 11.1. The summed E-state index contributed by atoms with van der Waals surface area (Å²) >= 11 is 1.93. The van der Waals surface area contributed by atoms with E-state index in [1.807, 2.05) is 11.3 Å². The maximum atomic E-state index is 2.46. The Morgan fingerprint density at radius 3 is 1.18 bits per heavy atom. The molecule has 61 heavy (non-hydrogen) atoms. The van der Waals surface area contributed by atoms with E-state index in [0.29, 0.717) is 0 Å². The summed E-state index contributed by atoms with van der Waals surface area (Å²) in [5.74, 6) is 0. The molecule has 0 aliphatic rings. The van der Waals surface area contributed by atoms with E-state index in [1.165, 1.54) is 119 Å². The van der Waals surface area contributed by atoms with Gasteiger partial charge in [0.15, 0.2) is 0 Å². The lowest BCUT2D eigenvalue weighted by molar-refractivity contribution is 0.569. The first-order valence-electron chi connectivity index (χ1n) is 21.6. The molecule has 0 spiro atoms. The largest absolute Gasteiger partial charge is 0.135 e. The molecule has 10 aromatic carbocycles. The lowest BCUT2D eigenvalue weighted by Gasteiger charge is -2.27. The number of hydrogen-bond donors (Lipinski definition) is 0. The molecule has 1 aromatic heterocycles. The summed E-state index contributed by atoms with van der Waals surface area (Å²) in [6, 6.07) is 68.5. The van der Waals surface area contributed by atoms with Gasteiger partial charge >= 0.3 is 0 Å². The Balaban J connectivity index is 1.15. The van der Waals surface area contributed by atoms with Gasteiger partial charge in [-0.3, -0.25) is 0 Å². The first kappa shape index (κ1) is 37.5. The zero-order chi connectivity index (χ0) is 41.6. The van der Waals surface area contributed by atoms with Crippen LogP contribution in [0.5, 0.6) is 0 Å². The zero-order valence-electron chi connectivity index (χ0n) is 35.7. The molecule has 0 N–H and O–H groups in total. The van der Waals surface area contributed by atoms with Crippen molar-refractivity contribution in [2.75, 3.05) is 0 Å². The minimum absolute atomic E-state index is 0.0207. The molecule has 11 rings (SSSR count). The number of fused-ring (bicyclic) bond motifs is 7. The van der Waals surface area contributed by atoms with E-state index in [0.717, 1.165) is 0 Å². The van der Waals surface area contributed by atoms with Gasteiger partial charge in [0.05, 0.1) is 0 Å². The Bertz CT molecular complexity index is 3390. The van der Waals surface area contributed by atoms with Crippen LogP contribution >= 0.6 is 11.3 Å². The highest BCUT2D eigenvalue weighted by Crippen LogP contribution is 2.50. The Morgan fingerprint density at radius 1 is 0.295 bits per heavy atom. The van der Waals surface area contributed by atoms with Crippen molar-refractivity contribution >= 4 is 74.6 Å². The van der Waals surface area contributed by atoms with Gasteiger partial charge in [0, 0.05) is 25.7 Å². The van der Waals surface area contributed by atoms with Crippen molar-refractivity contribution < 1.29 is 0 Å². The number of benzene rings is 10. The van der Waals surface area contributed by atoms with Crippen molar-refractivity contribution in [1.29, 1.82) is 0 Å². The normalized spacial score (nSPS) is 12.4. The molecular weight excluding hydrogens is 753 g/mol. The third-order valence-electron chi connectivity index (χ3n) is 12.9. The van der Waals surface area contributed by atoms with Gasteiger partial charge < -0.3 is 0 Å². The minimum atomic E-state index is 0.0207. The van der Waals surface area contributed by atoms with Crippen molar-refractivity contribution in [3.8, 4) is 44.5 Å². The summed E-state index contributed by atoms with van der Waals surface area (Å²) in [5, 5.41) is 12.9. The van der Waals surface area contributed by atoms with Gasteiger partial charge in [0.25, 0.3) is 0 Å². The van der Waals surface area contributed by atoms with Crippen LogP contribution in [0, 0.1) is 0 Å². The predicted octanol–water partition coefficient (Wildman–Crippen LogP) is 17.9. The Labute approximate surface area is 362 Å². The average molecular weight is 801 g/mol. The van der Waals surface area contributed by atoms with Crippen molar-refractivity contribution in [2.45, 2.75) is 52.4 Å². The van der Waals surface area contributed by atoms with Crippen molar-refractivity contribution in [2.24, 2.45) is 0 Å². The van der Waals surface area contributed by atoms with E-state index in [2.05, 4.69) is 224 Å². The topological polar surface area (TPSA) is 0 Å². The molecule has 294 valence electrons. The minimum Gasteiger partial charge on any atom is -0.135 e. The SMILES string of the molecule is CC(C)(C)c1cc(-c2c3ccccc3c(-c3ccc4c(c3)sc3c(-c5c6ccccc6c(-c6ccccc6)c6ccccc56)cccc34)c3ccccc23)cc(C(C)(C)C)c1. The molecule has 1 heterocycles. The molecular formula is C60H48S. The lowest BCUT2D eigenvalue weighted by atomic mass is 9.77. The van der Waals surface area contributed by atoms with Crippen LogP contribution in [0.2, 0.25) is 0 Å². The lowest BCUT2D eigenvalue weighted by Crippen LogP contribution is -2.16. The molecule has 0 fully saturated rings. The van der Waals surface area contributed by atoms with Crippen LogP contribution in [0.15, 0.2) is 182 Å². The summed E-state index contributed by atoms with van der Waals surface area (Å²) in [4.78, 5) is 0. The molecule has 0 aliphatic heterocycles. The predicted molar refractivity (Wildman–Crippen MR) is 268 cm³/mol. The molecule has 11 aromatic rings. The van der Waals surface area contributed by atoms with Crippen LogP contribution in [-0.4, -0.2) is 0 Å². The summed E-state index contributed by atoms with van der Waals surface area (Å²) < 4.78 is 2.63. The van der Waals surface area contributed by atoms with Gasteiger partial charge in [-0.1, -0.05) is 217 Å². The van der Waals surface area contributed by atoms with Gasteiger partial charge in [-0.2, -0.15) is 0 Å². The fraction of sp³-hybridized carbons (Fsp3) is 0.133. The first-order valence-corrected chi connectivity index (χ1v) is 22.4. The standard InChI is InChI=1S/C60H48S/c1-59(2,3)40-33-39(34-41(36-40)60(4,5)6)56-45-23-12-10-21-43(45)55(44-22-11-13-24-46(44)56)38-31-32-42-51-29-18-30-52(58(51)61-53(42)35-38)57-49-27-16-14-25-47(49)54(37-19-8-7-9-20-37)48-26-15-17-28-50(48)57/h7-36H,1-6H3. The summed E-state index contributed by atoms with van der Waals surface area (Å²) in [7, 11) is 0. The highest BCUT2D eigenvalue weighted by molar-refractivity contribution is 7.26. The van der Waals surface area contributed by atoms with Gasteiger partial charge in [-0.25, -0.2) is 0 Å². The maximum Gasteiger partial charge on any atom is 0.0434 e. The fourth-order valence-electron chi connectivity index (χ4n) is 9.87. The second-order valence-corrected chi connectivity index (χ2v) is 19.9. The van der Waals surface area contributed by atoms with Gasteiger partial charge in [-0.05, 0) is 110 Å². The summed E-state index contributed by atoms with van der Waals surface area (Å²) in [6.45, 7) is 14.0. The van der Waals surface area contributed by atoms with E-state index in [-0.39, 0.29) is 10.8 Å². The smallest absolute Gasteiger partial charge is 0.0434 e. The van der Waals surface area contributed by atoms with E-state index in [9.17, 15) is 0 Å². The molecule has 0 saturated heterocycles. The van der Waals surface area contributed by atoms with E-state index in [1.54, 1.807) is 0 Å². The van der Waals surface area contributed by atoms with Gasteiger partial charge in [-0.15, -0.1) is 11.3 Å².